The van der Waals surface area contributed by atoms with Crippen molar-refractivity contribution in [2.24, 2.45) is 5.73 Å². The van der Waals surface area contributed by atoms with Gasteiger partial charge in [-0.25, -0.2) is 0 Å². The lowest BCUT2D eigenvalue weighted by Gasteiger charge is -2.23. The molecule has 0 aromatic rings. The van der Waals surface area contributed by atoms with Crippen LogP contribution in [-0.2, 0) is 14.2 Å². The molecule has 0 fully saturated rings. The average molecular weight is 205 g/mol. The number of nitrogens with two attached hydrogens (primary N) is 1. The number of hydrogen-bond acceptors (Lipinski definition) is 4. The van der Waals surface area contributed by atoms with E-state index in [4.69, 9.17) is 19.9 Å². The van der Waals surface area contributed by atoms with Gasteiger partial charge in [-0.1, -0.05) is 0 Å². The van der Waals surface area contributed by atoms with E-state index in [-0.39, 0.29) is 12.3 Å². The largest absolute Gasteiger partial charge is 0.385 e. The van der Waals surface area contributed by atoms with E-state index in [1.165, 1.54) is 0 Å². The van der Waals surface area contributed by atoms with E-state index in [2.05, 4.69) is 0 Å². The Morgan fingerprint density at radius 2 is 1.71 bits per heavy atom. The molecule has 0 aliphatic rings. The lowest BCUT2D eigenvalue weighted by Crippen LogP contribution is -2.39. The monoisotopic (exact) mass is 205 g/mol. The Morgan fingerprint density at radius 3 is 2.14 bits per heavy atom. The van der Waals surface area contributed by atoms with Gasteiger partial charge in [0, 0.05) is 26.9 Å². The normalized spacial score (nSPS) is 13.5. The molecule has 0 saturated carbocycles. The number of rotatable bonds is 9. The summed E-state index contributed by atoms with van der Waals surface area (Å²) in [5.74, 6) is 0. The van der Waals surface area contributed by atoms with Crippen LogP contribution in [0.3, 0.4) is 0 Å². The van der Waals surface area contributed by atoms with Crippen molar-refractivity contribution in [2.75, 3.05) is 26.9 Å². The van der Waals surface area contributed by atoms with Crippen LogP contribution in [-0.4, -0.2) is 39.3 Å². The third kappa shape index (κ3) is 6.32. The van der Waals surface area contributed by atoms with Gasteiger partial charge in [-0.05, 0) is 26.7 Å². The Labute approximate surface area is 86.7 Å². The van der Waals surface area contributed by atoms with E-state index >= 15 is 0 Å². The third-order valence-electron chi connectivity index (χ3n) is 1.90. The molecule has 0 bridgehead atoms. The van der Waals surface area contributed by atoms with Gasteiger partial charge in [-0.15, -0.1) is 0 Å². The summed E-state index contributed by atoms with van der Waals surface area (Å²) in [6, 6.07) is -0.0648. The Bertz CT molecular complexity index is 116. The molecule has 14 heavy (non-hydrogen) atoms. The lowest BCUT2D eigenvalue weighted by molar-refractivity contribution is -0.149. The second kappa shape index (κ2) is 9.40. The molecular weight excluding hydrogens is 182 g/mol. The van der Waals surface area contributed by atoms with Gasteiger partial charge in [0.25, 0.3) is 0 Å². The van der Waals surface area contributed by atoms with Gasteiger partial charge in [0.1, 0.15) is 0 Å². The standard InChI is InChI=1S/C10H23NO3/c1-4-13-10(14-5-2)9(11)7-6-8-12-3/h9-10H,4-8,11H2,1-3H3. The molecule has 0 aliphatic heterocycles. The summed E-state index contributed by atoms with van der Waals surface area (Å²) in [6.07, 6.45) is 1.52. The molecular formula is C10H23NO3. The SMILES string of the molecule is CCOC(OCC)C(N)CCCOC. The van der Waals surface area contributed by atoms with E-state index in [0.717, 1.165) is 19.4 Å². The predicted molar refractivity (Wildman–Crippen MR) is 56.1 cm³/mol. The molecule has 0 radical (unpaired) electrons. The highest BCUT2D eigenvalue weighted by Gasteiger charge is 2.17. The smallest absolute Gasteiger partial charge is 0.172 e. The summed E-state index contributed by atoms with van der Waals surface area (Å²) in [5.41, 5.74) is 5.93. The number of hydrogen-bond donors (Lipinski definition) is 1. The minimum atomic E-state index is -0.276. The maximum atomic E-state index is 5.93. The van der Waals surface area contributed by atoms with Crippen LogP contribution in [0.2, 0.25) is 0 Å². The van der Waals surface area contributed by atoms with Crippen LogP contribution >= 0.6 is 0 Å². The summed E-state index contributed by atoms with van der Waals surface area (Å²) in [7, 11) is 1.69. The van der Waals surface area contributed by atoms with Crippen LogP contribution in [0.15, 0.2) is 0 Å². The zero-order valence-corrected chi connectivity index (χ0v) is 9.49. The summed E-state index contributed by atoms with van der Waals surface area (Å²) >= 11 is 0. The average Bonchev–Trinajstić information content (AvgIpc) is 2.18. The number of methoxy groups -OCH3 is 1. The highest BCUT2D eigenvalue weighted by Crippen LogP contribution is 2.06. The predicted octanol–water partition coefficient (Wildman–Crippen LogP) is 1.14. The molecule has 0 aromatic carbocycles. The van der Waals surface area contributed by atoms with Crippen molar-refractivity contribution in [3.05, 3.63) is 0 Å². The van der Waals surface area contributed by atoms with Crippen LogP contribution in [0.1, 0.15) is 26.7 Å². The zero-order valence-electron chi connectivity index (χ0n) is 9.49. The quantitative estimate of drug-likeness (QED) is 0.453. The first kappa shape index (κ1) is 13.8. The molecule has 86 valence electrons. The molecule has 2 N–H and O–H groups in total. The fourth-order valence-electron chi connectivity index (χ4n) is 1.22. The first-order valence-corrected chi connectivity index (χ1v) is 5.23. The fourth-order valence-corrected chi connectivity index (χ4v) is 1.22. The molecule has 0 aliphatic carbocycles. The molecule has 4 heteroatoms. The topological polar surface area (TPSA) is 53.7 Å². The molecule has 1 atom stereocenters. The Kier molecular flexibility index (Phi) is 9.29. The highest BCUT2D eigenvalue weighted by molar-refractivity contribution is 4.65. The van der Waals surface area contributed by atoms with E-state index in [0.29, 0.717) is 13.2 Å². The summed E-state index contributed by atoms with van der Waals surface area (Å²) in [5, 5.41) is 0. The van der Waals surface area contributed by atoms with Crippen LogP contribution in [0.4, 0.5) is 0 Å². The summed E-state index contributed by atoms with van der Waals surface area (Å²) < 4.78 is 15.7. The van der Waals surface area contributed by atoms with Crippen molar-refractivity contribution in [2.45, 2.75) is 39.0 Å². The molecule has 0 aromatic heterocycles. The summed E-state index contributed by atoms with van der Waals surface area (Å²) in [4.78, 5) is 0. The molecule has 0 spiro atoms. The van der Waals surface area contributed by atoms with Crippen molar-refractivity contribution in [3.8, 4) is 0 Å². The van der Waals surface area contributed by atoms with Crippen molar-refractivity contribution in [1.29, 1.82) is 0 Å². The van der Waals surface area contributed by atoms with Gasteiger partial charge in [-0.2, -0.15) is 0 Å². The van der Waals surface area contributed by atoms with Gasteiger partial charge in [0.15, 0.2) is 6.29 Å². The van der Waals surface area contributed by atoms with Crippen molar-refractivity contribution in [3.63, 3.8) is 0 Å². The zero-order chi connectivity index (χ0) is 10.8. The molecule has 0 rings (SSSR count). The first-order valence-electron chi connectivity index (χ1n) is 5.23. The summed E-state index contributed by atoms with van der Waals surface area (Å²) in [6.45, 7) is 5.87. The Balaban J connectivity index is 3.69. The van der Waals surface area contributed by atoms with Crippen LogP contribution in [0, 0.1) is 0 Å². The van der Waals surface area contributed by atoms with Crippen molar-refractivity contribution < 1.29 is 14.2 Å². The van der Waals surface area contributed by atoms with Gasteiger partial charge in [0.2, 0.25) is 0 Å². The lowest BCUT2D eigenvalue weighted by atomic mass is 10.1. The van der Waals surface area contributed by atoms with E-state index in [1.54, 1.807) is 7.11 Å². The van der Waals surface area contributed by atoms with Crippen LogP contribution < -0.4 is 5.73 Å². The first-order chi connectivity index (χ1) is 6.76. The molecule has 1 unspecified atom stereocenters. The van der Waals surface area contributed by atoms with Crippen LogP contribution in [0.5, 0.6) is 0 Å². The third-order valence-corrected chi connectivity index (χ3v) is 1.90. The minimum Gasteiger partial charge on any atom is -0.385 e. The van der Waals surface area contributed by atoms with Gasteiger partial charge in [0.05, 0.1) is 6.04 Å². The minimum absolute atomic E-state index is 0.0648. The van der Waals surface area contributed by atoms with E-state index < -0.39 is 0 Å². The van der Waals surface area contributed by atoms with Gasteiger partial charge in [-0.3, -0.25) is 0 Å². The molecule has 0 amide bonds. The maximum Gasteiger partial charge on any atom is 0.172 e. The van der Waals surface area contributed by atoms with E-state index in [9.17, 15) is 0 Å². The second-order valence-electron chi connectivity index (χ2n) is 3.08. The molecule has 0 heterocycles. The highest BCUT2D eigenvalue weighted by atomic mass is 16.7. The van der Waals surface area contributed by atoms with Crippen molar-refractivity contribution in [1.82, 2.24) is 0 Å². The van der Waals surface area contributed by atoms with Crippen LogP contribution in [0.25, 0.3) is 0 Å². The number of ether oxygens (including phenoxy) is 3. The molecule has 4 nitrogen and oxygen atoms in total. The Morgan fingerprint density at radius 1 is 1.14 bits per heavy atom. The van der Waals surface area contributed by atoms with Crippen molar-refractivity contribution >= 4 is 0 Å². The second-order valence-corrected chi connectivity index (χ2v) is 3.08. The van der Waals surface area contributed by atoms with Gasteiger partial charge < -0.3 is 19.9 Å². The van der Waals surface area contributed by atoms with Gasteiger partial charge >= 0.3 is 0 Å². The Hall–Kier alpha value is -0.160. The van der Waals surface area contributed by atoms with E-state index in [1.807, 2.05) is 13.8 Å². The molecule has 0 saturated heterocycles. The maximum absolute atomic E-state index is 5.93. The fraction of sp³-hybridized carbons (Fsp3) is 1.00.